The number of nitrogens with zero attached hydrogens (tertiary/aromatic N) is 1. The smallest absolute Gasteiger partial charge is 0.407 e. The number of halogens is 1. The van der Waals surface area contributed by atoms with Gasteiger partial charge in [-0.25, -0.2) is 9.78 Å². The minimum atomic E-state index is -0.513. The SMILES string of the molecule is CC(C)(C)OC(=O)NCCSCC(=O)Nc1cccc(Cl)n1. The summed E-state index contributed by atoms with van der Waals surface area (Å²) in [7, 11) is 0. The highest BCUT2D eigenvalue weighted by Gasteiger charge is 2.15. The molecule has 0 radical (unpaired) electrons. The number of anilines is 1. The van der Waals surface area contributed by atoms with E-state index >= 15 is 0 Å². The lowest BCUT2D eigenvalue weighted by Crippen LogP contribution is -2.33. The summed E-state index contributed by atoms with van der Waals surface area (Å²) in [5.41, 5.74) is -0.513. The molecule has 1 rings (SSSR count). The Labute approximate surface area is 139 Å². The highest BCUT2D eigenvalue weighted by atomic mass is 35.5. The molecule has 0 unspecified atom stereocenters. The van der Waals surface area contributed by atoms with E-state index in [1.165, 1.54) is 11.8 Å². The number of pyridine rings is 1. The number of carbonyl (C=O) groups excluding carboxylic acids is 2. The number of aromatic nitrogens is 1. The molecule has 0 bridgehead atoms. The number of carbonyl (C=O) groups is 2. The van der Waals surface area contributed by atoms with Crippen molar-refractivity contribution in [2.45, 2.75) is 26.4 Å². The monoisotopic (exact) mass is 345 g/mol. The van der Waals surface area contributed by atoms with Gasteiger partial charge in [0.2, 0.25) is 5.91 Å². The van der Waals surface area contributed by atoms with Crippen LogP contribution in [0.4, 0.5) is 10.6 Å². The quantitative estimate of drug-likeness (QED) is 0.612. The number of alkyl carbamates (subject to hydrolysis) is 1. The van der Waals surface area contributed by atoms with Gasteiger partial charge in [-0.15, -0.1) is 0 Å². The van der Waals surface area contributed by atoms with E-state index in [4.69, 9.17) is 16.3 Å². The second kappa shape index (κ2) is 8.85. The lowest BCUT2D eigenvalue weighted by molar-refractivity contribution is -0.113. The molecule has 1 heterocycles. The van der Waals surface area contributed by atoms with Crippen molar-refractivity contribution in [3.8, 4) is 0 Å². The summed E-state index contributed by atoms with van der Waals surface area (Å²) in [5, 5.41) is 5.60. The lowest BCUT2D eigenvalue weighted by atomic mass is 10.2. The van der Waals surface area contributed by atoms with Crippen molar-refractivity contribution in [2.75, 3.05) is 23.4 Å². The normalized spacial score (nSPS) is 10.9. The van der Waals surface area contributed by atoms with Crippen molar-refractivity contribution in [3.05, 3.63) is 23.4 Å². The van der Waals surface area contributed by atoms with Crippen molar-refractivity contribution in [1.29, 1.82) is 0 Å². The molecular formula is C14H20ClN3O3S. The first-order chi connectivity index (χ1) is 10.3. The maximum absolute atomic E-state index is 11.7. The summed E-state index contributed by atoms with van der Waals surface area (Å²) in [5.74, 6) is 1.13. The van der Waals surface area contributed by atoms with E-state index in [2.05, 4.69) is 15.6 Å². The highest BCUT2D eigenvalue weighted by molar-refractivity contribution is 7.99. The predicted molar refractivity (Wildman–Crippen MR) is 89.4 cm³/mol. The molecule has 8 heteroatoms. The predicted octanol–water partition coefficient (Wildman–Crippen LogP) is 2.93. The third kappa shape index (κ3) is 8.74. The van der Waals surface area contributed by atoms with Gasteiger partial charge in [0.05, 0.1) is 5.75 Å². The van der Waals surface area contributed by atoms with Crippen molar-refractivity contribution in [2.24, 2.45) is 0 Å². The van der Waals surface area contributed by atoms with Gasteiger partial charge in [0, 0.05) is 12.3 Å². The van der Waals surface area contributed by atoms with Gasteiger partial charge in [-0.3, -0.25) is 4.79 Å². The Morgan fingerprint density at radius 1 is 1.36 bits per heavy atom. The van der Waals surface area contributed by atoms with Crippen LogP contribution in [0.5, 0.6) is 0 Å². The minimum Gasteiger partial charge on any atom is -0.444 e. The van der Waals surface area contributed by atoms with Gasteiger partial charge in [0.25, 0.3) is 0 Å². The van der Waals surface area contributed by atoms with Crippen molar-refractivity contribution in [1.82, 2.24) is 10.3 Å². The third-order valence-electron chi connectivity index (χ3n) is 2.13. The lowest BCUT2D eigenvalue weighted by Gasteiger charge is -2.19. The molecular weight excluding hydrogens is 326 g/mol. The molecule has 0 aliphatic carbocycles. The number of hydrogen-bond acceptors (Lipinski definition) is 5. The fraction of sp³-hybridized carbons (Fsp3) is 0.500. The summed E-state index contributed by atoms with van der Waals surface area (Å²) in [4.78, 5) is 27.0. The van der Waals surface area contributed by atoms with Gasteiger partial charge >= 0.3 is 6.09 Å². The van der Waals surface area contributed by atoms with Crippen LogP contribution in [0.3, 0.4) is 0 Å². The van der Waals surface area contributed by atoms with Crippen LogP contribution in [-0.2, 0) is 9.53 Å². The van der Waals surface area contributed by atoms with Gasteiger partial charge in [0.15, 0.2) is 0 Å². The number of thioether (sulfide) groups is 1. The van der Waals surface area contributed by atoms with E-state index in [-0.39, 0.29) is 11.7 Å². The molecule has 1 aromatic heterocycles. The van der Waals surface area contributed by atoms with Gasteiger partial charge in [0.1, 0.15) is 16.6 Å². The van der Waals surface area contributed by atoms with Crippen molar-refractivity contribution >= 4 is 41.2 Å². The first kappa shape index (κ1) is 18.6. The van der Waals surface area contributed by atoms with E-state index in [1.54, 1.807) is 39.0 Å². The Morgan fingerprint density at radius 3 is 2.73 bits per heavy atom. The Bertz CT molecular complexity index is 520. The van der Waals surface area contributed by atoms with Gasteiger partial charge in [-0.1, -0.05) is 17.7 Å². The zero-order valence-electron chi connectivity index (χ0n) is 12.8. The largest absolute Gasteiger partial charge is 0.444 e. The number of ether oxygens (including phenoxy) is 1. The Morgan fingerprint density at radius 2 is 2.09 bits per heavy atom. The number of nitrogens with one attached hydrogen (secondary N) is 2. The van der Waals surface area contributed by atoms with Gasteiger partial charge in [-0.2, -0.15) is 11.8 Å². The molecule has 0 spiro atoms. The molecule has 0 saturated heterocycles. The van der Waals surface area contributed by atoms with E-state index in [9.17, 15) is 9.59 Å². The topological polar surface area (TPSA) is 80.3 Å². The van der Waals surface area contributed by atoms with Crippen LogP contribution < -0.4 is 10.6 Å². The number of amides is 2. The fourth-order valence-electron chi connectivity index (χ4n) is 1.36. The maximum atomic E-state index is 11.7. The van der Waals surface area contributed by atoms with Crippen LogP contribution in [0.25, 0.3) is 0 Å². The van der Waals surface area contributed by atoms with E-state index in [0.717, 1.165) is 0 Å². The molecule has 6 nitrogen and oxygen atoms in total. The third-order valence-corrected chi connectivity index (χ3v) is 3.30. The summed E-state index contributed by atoms with van der Waals surface area (Å²) in [6.07, 6.45) is -0.458. The second-order valence-electron chi connectivity index (χ2n) is 5.37. The van der Waals surface area contributed by atoms with E-state index in [1.807, 2.05) is 0 Å². The number of rotatable bonds is 6. The second-order valence-corrected chi connectivity index (χ2v) is 6.87. The Hall–Kier alpha value is -1.47. The minimum absolute atomic E-state index is 0.169. The molecule has 0 fully saturated rings. The van der Waals surface area contributed by atoms with Crippen LogP contribution in [-0.4, -0.2) is 40.6 Å². The zero-order valence-corrected chi connectivity index (χ0v) is 14.4. The molecule has 0 aliphatic heterocycles. The van der Waals surface area contributed by atoms with Crippen molar-refractivity contribution < 1.29 is 14.3 Å². The molecule has 0 aromatic carbocycles. The average Bonchev–Trinajstić information content (AvgIpc) is 2.36. The van der Waals surface area contributed by atoms with Crippen LogP contribution in [0.1, 0.15) is 20.8 Å². The summed E-state index contributed by atoms with van der Waals surface area (Å²) >= 11 is 7.13. The van der Waals surface area contributed by atoms with Crippen LogP contribution in [0.15, 0.2) is 18.2 Å². The first-order valence-electron chi connectivity index (χ1n) is 6.73. The Balaban J connectivity index is 2.14. The molecule has 2 amide bonds. The van der Waals surface area contributed by atoms with E-state index < -0.39 is 11.7 Å². The van der Waals surface area contributed by atoms with Crippen molar-refractivity contribution in [3.63, 3.8) is 0 Å². The average molecular weight is 346 g/mol. The van der Waals surface area contributed by atoms with Gasteiger partial charge < -0.3 is 15.4 Å². The summed E-state index contributed by atoms with van der Waals surface area (Å²) in [6.45, 7) is 5.84. The maximum Gasteiger partial charge on any atom is 0.407 e. The number of hydrogen-bond donors (Lipinski definition) is 2. The molecule has 0 atom stereocenters. The zero-order chi connectivity index (χ0) is 16.6. The van der Waals surface area contributed by atoms with Crippen LogP contribution in [0, 0.1) is 0 Å². The van der Waals surface area contributed by atoms with Gasteiger partial charge in [-0.05, 0) is 32.9 Å². The van der Waals surface area contributed by atoms with Crippen LogP contribution >= 0.6 is 23.4 Å². The standard InChI is InChI=1S/C14H20ClN3O3S/c1-14(2,3)21-13(20)16-7-8-22-9-12(19)18-11-6-4-5-10(15)17-11/h4-6H,7-9H2,1-3H3,(H,16,20)(H,17,18,19). The molecule has 1 aromatic rings. The first-order valence-corrected chi connectivity index (χ1v) is 8.26. The molecule has 0 aliphatic rings. The summed E-state index contributed by atoms with van der Waals surface area (Å²) in [6, 6.07) is 5.01. The molecule has 22 heavy (non-hydrogen) atoms. The summed E-state index contributed by atoms with van der Waals surface area (Å²) < 4.78 is 5.10. The fourth-order valence-corrected chi connectivity index (χ4v) is 2.17. The molecule has 122 valence electrons. The molecule has 0 saturated carbocycles. The van der Waals surface area contributed by atoms with E-state index in [0.29, 0.717) is 23.3 Å². The van der Waals surface area contributed by atoms with Crippen LogP contribution in [0.2, 0.25) is 5.15 Å². The highest BCUT2D eigenvalue weighted by Crippen LogP contribution is 2.10. The Kier molecular flexibility index (Phi) is 7.47. The molecule has 2 N–H and O–H groups in total.